The molecule has 0 radical (unpaired) electrons. The summed E-state index contributed by atoms with van der Waals surface area (Å²) in [5, 5.41) is 10.5. The van der Waals surface area contributed by atoms with Crippen molar-refractivity contribution >= 4 is 5.84 Å². The highest BCUT2D eigenvalue weighted by Gasteiger charge is 2.45. The molecule has 5 nitrogen and oxygen atoms in total. The smallest absolute Gasteiger partial charge is 0.433 e. The largest absolute Gasteiger partial charge is 0.507 e. The Morgan fingerprint density at radius 2 is 1.59 bits per heavy atom. The maximum atomic E-state index is 14.6. The van der Waals surface area contributed by atoms with Gasteiger partial charge in [-0.2, -0.15) is 13.2 Å². The Bertz CT molecular complexity index is 1450. The van der Waals surface area contributed by atoms with E-state index in [1.54, 1.807) is 18.2 Å². The fraction of sp³-hybridized carbons (Fsp3) is 0.0800. The molecule has 0 aliphatic carbocycles. The minimum absolute atomic E-state index is 0.0430. The van der Waals surface area contributed by atoms with Crippen LogP contribution in [0.1, 0.15) is 28.1 Å². The maximum Gasteiger partial charge on any atom is 0.433 e. The molecule has 0 saturated carbocycles. The molecule has 1 aliphatic rings. The van der Waals surface area contributed by atoms with Gasteiger partial charge in [-0.1, -0.05) is 30.3 Å². The molecule has 3 N–H and O–H groups in total. The lowest BCUT2D eigenvalue weighted by Gasteiger charge is -2.29. The van der Waals surface area contributed by atoms with Crippen molar-refractivity contribution in [1.29, 1.82) is 0 Å². The van der Waals surface area contributed by atoms with Gasteiger partial charge in [0.15, 0.2) is 0 Å². The number of hydrogen-bond donors (Lipinski definition) is 2. The first-order valence-corrected chi connectivity index (χ1v) is 10.1. The summed E-state index contributed by atoms with van der Waals surface area (Å²) in [6, 6.07) is 15.9. The number of nitrogens with zero attached hydrogens (tertiary/aromatic N) is 3. The predicted molar refractivity (Wildman–Crippen MR) is 118 cm³/mol. The van der Waals surface area contributed by atoms with Crippen LogP contribution < -0.4 is 5.73 Å². The van der Waals surface area contributed by atoms with Gasteiger partial charge in [0.05, 0.1) is 0 Å². The third kappa shape index (κ3) is 3.28. The molecule has 0 saturated heterocycles. The lowest BCUT2D eigenvalue weighted by atomic mass is 9.77. The molecule has 4 aromatic rings. The molecule has 0 fully saturated rings. The molecule has 3 heterocycles. The fourth-order valence-electron chi connectivity index (χ4n) is 4.27. The van der Waals surface area contributed by atoms with Crippen molar-refractivity contribution in [3.63, 3.8) is 0 Å². The van der Waals surface area contributed by atoms with Gasteiger partial charge < -0.3 is 10.8 Å². The standard InChI is InChI=1S/C25H16F4N4O/c26-19-6-2-1-4-16(19)17-12-14(7-8-20(17)34)24(15-9-11-31-21(13-15)25(27,28)29)18-5-3-10-32-22(18)23(30)33-24/h1-13,34H,(H2,30,33). The molecule has 34 heavy (non-hydrogen) atoms. The second kappa shape index (κ2) is 7.65. The average Bonchev–Trinajstić information content (AvgIpc) is 3.13. The van der Waals surface area contributed by atoms with Crippen LogP contribution in [0, 0.1) is 5.82 Å². The van der Waals surface area contributed by atoms with Crippen molar-refractivity contribution < 1.29 is 22.7 Å². The van der Waals surface area contributed by atoms with E-state index in [0.29, 0.717) is 16.8 Å². The van der Waals surface area contributed by atoms with Crippen LogP contribution in [-0.4, -0.2) is 20.9 Å². The van der Waals surface area contributed by atoms with Gasteiger partial charge in [0, 0.05) is 29.1 Å². The van der Waals surface area contributed by atoms with Crippen molar-refractivity contribution in [3.8, 4) is 16.9 Å². The number of aliphatic imine (C=N–C) groups is 1. The van der Waals surface area contributed by atoms with E-state index in [2.05, 4.69) is 15.0 Å². The number of pyridine rings is 2. The molecule has 1 atom stereocenters. The molecule has 0 bridgehead atoms. The van der Waals surface area contributed by atoms with Crippen molar-refractivity contribution in [3.05, 3.63) is 113 Å². The summed E-state index contributed by atoms with van der Waals surface area (Å²) >= 11 is 0. The highest BCUT2D eigenvalue weighted by Crippen LogP contribution is 2.48. The number of phenolic OH excluding ortho intramolecular Hbond substituents is 1. The van der Waals surface area contributed by atoms with Crippen molar-refractivity contribution in [2.45, 2.75) is 11.7 Å². The van der Waals surface area contributed by atoms with Crippen LogP contribution in [0.5, 0.6) is 5.75 Å². The zero-order valence-electron chi connectivity index (χ0n) is 17.4. The van der Waals surface area contributed by atoms with Crippen molar-refractivity contribution in [1.82, 2.24) is 9.97 Å². The number of benzene rings is 2. The van der Waals surface area contributed by atoms with Gasteiger partial charge in [0.25, 0.3) is 0 Å². The van der Waals surface area contributed by atoms with Crippen molar-refractivity contribution in [2.24, 2.45) is 10.7 Å². The minimum Gasteiger partial charge on any atom is -0.507 e. The first-order valence-electron chi connectivity index (χ1n) is 10.1. The summed E-state index contributed by atoms with van der Waals surface area (Å²) < 4.78 is 55.1. The number of amidine groups is 1. The third-order valence-electron chi connectivity index (χ3n) is 5.77. The SMILES string of the molecule is NC1=NC(c2ccnc(C(F)(F)F)c2)(c2ccc(O)c(-c3ccccc3F)c2)c2cccnc21. The molecular weight excluding hydrogens is 448 g/mol. The second-order valence-electron chi connectivity index (χ2n) is 7.75. The number of hydrogen-bond acceptors (Lipinski definition) is 5. The summed E-state index contributed by atoms with van der Waals surface area (Å²) in [5.74, 6) is -0.721. The van der Waals surface area contributed by atoms with Gasteiger partial charge >= 0.3 is 6.18 Å². The summed E-state index contributed by atoms with van der Waals surface area (Å²) in [6.07, 6.45) is -2.12. The molecule has 170 valence electrons. The van der Waals surface area contributed by atoms with E-state index < -0.39 is 23.2 Å². The number of alkyl halides is 3. The minimum atomic E-state index is -4.68. The van der Waals surface area contributed by atoms with Crippen LogP contribution in [-0.2, 0) is 11.7 Å². The normalized spacial score (nSPS) is 17.4. The lowest BCUT2D eigenvalue weighted by Crippen LogP contribution is -2.26. The molecule has 2 aromatic carbocycles. The first-order chi connectivity index (χ1) is 16.2. The topological polar surface area (TPSA) is 84.4 Å². The van der Waals surface area contributed by atoms with Gasteiger partial charge in [-0.05, 0) is 47.5 Å². The first kappa shape index (κ1) is 21.6. The molecular formula is C25H16F4N4O. The molecule has 0 amide bonds. The zero-order chi connectivity index (χ0) is 24.1. The number of aromatic hydroxyl groups is 1. The quantitative estimate of drug-likeness (QED) is 0.417. The second-order valence-corrected chi connectivity index (χ2v) is 7.75. The average molecular weight is 464 g/mol. The van der Waals surface area contributed by atoms with Crippen LogP contribution in [0.2, 0.25) is 0 Å². The molecule has 0 spiro atoms. The number of halogens is 4. The van der Waals surface area contributed by atoms with Crippen LogP contribution in [0.4, 0.5) is 17.6 Å². The van der Waals surface area contributed by atoms with Gasteiger partial charge in [-0.3, -0.25) is 9.97 Å². The molecule has 9 heteroatoms. The van der Waals surface area contributed by atoms with Gasteiger partial charge in [0.1, 0.15) is 34.3 Å². The van der Waals surface area contributed by atoms with E-state index in [-0.39, 0.29) is 28.3 Å². The molecule has 2 aromatic heterocycles. The highest BCUT2D eigenvalue weighted by molar-refractivity contribution is 6.01. The molecule has 1 unspecified atom stereocenters. The van der Waals surface area contributed by atoms with Crippen LogP contribution in [0.25, 0.3) is 11.1 Å². The summed E-state index contributed by atoms with van der Waals surface area (Å²) in [5.41, 5.74) is 5.14. The highest BCUT2D eigenvalue weighted by atomic mass is 19.4. The Hall–Kier alpha value is -4.27. The Kier molecular flexibility index (Phi) is 4.85. The number of rotatable bonds is 3. The molecule has 1 aliphatic heterocycles. The van der Waals surface area contributed by atoms with E-state index in [9.17, 15) is 22.7 Å². The molecule has 5 rings (SSSR count). The summed E-state index contributed by atoms with van der Waals surface area (Å²) in [4.78, 5) is 12.3. The van der Waals surface area contributed by atoms with E-state index in [0.717, 1.165) is 12.3 Å². The van der Waals surface area contributed by atoms with Crippen LogP contribution in [0.3, 0.4) is 0 Å². The van der Waals surface area contributed by atoms with Crippen LogP contribution >= 0.6 is 0 Å². The van der Waals surface area contributed by atoms with E-state index in [4.69, 9.17) is 5.73 Å². The Morgan fingerprint density at radius 1 is 0.824 bits per heavy atom. The number of nitrogens with two attached hydrogens (primary N) is 1. The number of fused-ring (bicyclic) bond motifs is 1. The fourth-order valence-corrected chi connectivity index (χ4v) is 4.27. The summed E-state index contributed by atoms with van der Waals surface area (Å²) in [7, 11) is 0. The van der Waals surface area contributed by atoms with Crippen LogP contribution in [0.15, 0.2) is 84.1 Å². The van der Waals surface area contributed by atoms with E-state index in [1.807, 2.05) is 0 Å². The maximum absolute atomic E-state index is 14.6. The Morgan fingerprint density at radius 3 is 2.35 bits per heavy atom. The third-order valence-corrected chi connectivity index (χ3v) is 5.77. The monoisotopic (exact) mass is 464 g/mol. The Labute approximate surface area is 191 Å². The van der Waals surface area contributed by atoms with Gasteiger partial charge in [0.2, 0.25) is 0 Å². The van der Waals surface area contributed by atoms with Gasteiger partial charge in [-0.25, -0.2) is 9.38 Å². The van der Waals surface area contributed by atoms with E-state index in [1.165, 1.54) is 48.7 Å². The van der Waals surface area contributed by atoms with Gasteiger partial charge in [-0.15, -0.1) is 0 Å². The summed E-state index contributed by atoms with van der Waals surface area (Å²) in [6.45, 7) is 0. The van der Waals surface area contributed by atoms with E-state index >= 15 is 0 Å². The zero-order valence-corrected chi connectivity index (χ0v) is 17.4. The number of aromatic nitrogens is 2. The predicted octanol–water partition coefficient (Wildman–Crippen LogP) is 5.02. The number of phenols is 1. The Balaban J connectivity index is 1.83. The lowest BCUT2D eigenvalue weighted by molar-refractivity contribution is -0.141. The van der Waals surface area contributed by atoms with Crippen molar-refractivity contribution in [2.75, 3.05) is 0 Å².